The molecule has 2 rings (SSSR count). The Morgan fingerprint density at radius 2 is 2.10 bits per heavy atom. The summed E-state index contributed by atoms with van der Waals surface area (Å²) in [5, 5.41) is 6.03. The van der Waals surface area contributed by atoms with Gasteiger partial charge in [-0.25, -0.2) is 4.98 Å². The molecule has 2 aromatic heterocycles. The summed E-state index contributed by atoms with van der Waals surface area (Å²) < 4.78 is 0. The zero-order valence-electron chi connectivity index (χ0n) is 12.4. The lowest BCUT2D eigenvalue weighted by Crippen LogP contribution is -2.24. The number of aromatic nitrogens is 2. The van der Waals surface area contributed by atoms with Crippen molar-refractivity contribution in [1.82, 2.24) is 15.3 Å². The second kappa shape index (κ2) is 7.38. The number of anilines is 1. The fraction of sp³-hybridized carbons (Fsp3) is 0.312. The van der Waals surface area contributed by atoms with E-state index >= 15 is 0 Å². The molecule has 0 radical (unpaired) electrons. The lowest BCUT2D eigenvalue weighted by atomic mass is 10.2. The molecule has 0 aliphatic heterocycles. The minimum Gasteiger partial charge on any atom is -0.370 e. The molecule has 2 N–H and O–H groups in total. The number of amides is 1. The molecule has 0 fully saturated rings. The van der Waals surface area contributed by atoms with Gasteiger partial charge in [0.25, 0.3) is 5.91 Å². The normalized spacial score (nSPS) is 10.2. The molecule has 1 amide bonds. The Labute approximate surface area is 124 Å². The van der Waals surface area contributed by atoms with E-state index in [2.05, 4.69) is 27.5 Å². The van der Waals surface area contributed by atoms with Gasteiger partial charge in [-0.3, -0.25) is 9.78 Å². The molecule has 2 heterocycles. The predicted molar refractivity (Wildman–Crippen MR) is 83.2 cm³/mol. The van der Waals surface area contributed by atoms with Crippen LogP contribution in [0.2, 0.25) is 0 Å². The summed E-state index contributed by atoms with van der Waals surface area (Å²) in [5.74, 6) is 0.642. The molecule has 0 spiro atoms. The summed E-state index contributed by atoms with van der Waals surface area (Å²) >= 11 is 0. The highest BCUT2D eigenvalue weighted by Crippen LogP contribution is 2.06. The third kappa shape index (κ3) is 4.27. The Kier molecular flexibility index (Phi) is 5.26. The van der Waals surface area contributed by atoms with Crippen LogP contribution in [0.4, 0.5) is 5.82 Å². The highest BCUT2D eigenvalue weighted by Gasteiger charge is 2.07. The Morgan fingerprint density at radius 1 is 1.24 bits per heavy atom. The lowest BCUT2D eigenvalue weighted by molar-refractivity contribution is 0.0950. The van der Waals surface area contributed by atoms with Gasteiger partial charge in [-0.1, -0.05) is 13.0 Å². The fourth-order valence-corrected chi connectivity index (χ4v) is 1.86. The summed E-state index contributed by atoms with van der Waals surface area (Å²) in [6, 6.07) is 7.44. The van der Waals surface area contributed by atoms with E-state index < -0.39 is 0 Å². The fourth-order valence-electron chi connectivity index (χ4n) is 1.86. The average molecular weight is 284 g/mol. The van der Waals surface area contributed by atoms with Crippen LogP contribution in [-0.4, -0.2) is 22.4 Å². The second-order valence-corrected chi connectivity index (χ2v) is 4.81. The first-order valence-corrected chi connectivity index (χ1v) is 7.09. The summed E-state index contributed by atoms with van der Waals surface area (Å²) in [6.45, 7) is 5.36. The van der Waals surface area contributed by atoms with Crippen LogP contribution in [-0.2, 0) is 6.54 Å². The summed E-state index contributed by atoms with van der Waals surface area (Å²) in [4.78, 5) is 20.5. The minimum absolute atomic E-state index is 0.144. The van der Waals surface area contributed by atoms with Crippen LogP contribution in [0, 0.1) is 6.92 Å². The van der Waals surface area contributed by atoms with Gasteiger partial charge < -0.3 is 10.6 Å². The first-order valence-electron chi connectivity index (χ1n) is 7.09. The number of rotatable bonds is 6. The zero-order valence-corrected chi connectivity index (χ0v) is 12.4. The van der Waals surface area contributed by atoms with E-state index in [0.717, 1.165) is 30.0 Å². The number of carbonyl (C=O) groups is 1. The second-order valence-electron chi connectivity index (χ2n) is 4.81. The molecule has 0 saturated carbocycles. The maximum atomic E-state index is 12.1. The van der Waals surface area contributed by atoms with Crippen molar-refractivity contribution in [2.45, 2.75) is 26.8 Å². The van der Waals surface area contributed by atoms with Crippen LogP contribution >= 0.6 is 0 Å². The van der Waals surface area contributed by atoms with Crippen LogP contribution in [0.1, 0.15) is 35.0 Å². The minimum atomic E-state index is -0.144. The van der Waals surface area contributed by atoms with Gasteiger partial charge in [0.15, 0.2) is 0 Å². The van der Waals surface area contributed by atoms with Gasteiger partial charge in [-0.05, 0) is 37.1 Å². The van der Waals surface area contributed by atoms with E-state index in [9.17, 15) is 4.79 Å². The molecule has 0 saturated heterocycles. The SMILES string of the molecule is CCCNc1ccc(C(=O)NCc2ncccc2C)cn1. The number of nitrogens with zero attached hydrogens (tertiary/aromatic N) is 2. The van der Waals surface area contributed by atoms with Gasteiger partial charge in [0.1, 0.15) is 5.82 Å². The Balaban J connectivity index is 1.93. The van der Waals surface area contributed by atoms with Gasteiger partial charge in [-0.15, -0.1) is 0 Å². The smallest absolute Gasteiger partial charge is 0.253 e. The van der Waals surface area contributed by atoms with Crippen molar-refractivity contribution < 1.29 is 4.79 Å². The quantitative estimate of drug-likeness (QED) is 0.855. The van der Waals surface area contributed by atoms with Gasteiger partial charge in [-0.2, -0.15) is 0 Å². The Hall–Kier alpha value is -2.43. The summed E-state index contributed by atoms with van der Waals surface area (Å²) in [7, 11) is 0. The van der Waals surface area contributed by atoms with Crippen molar-refractivity contribution in [2.24, 2.45) is 0 Å². The number of pyridine rings is 2. The van der Waals surface area contributed by atoms with E-state index in [4.69, 9.17) is 0 Å². The molecule has 21 heavy (non-hydrogen) atoms. The predicted octanol–water partition coefficient (Wildman–Crippen LogP) is 2.54. The summed E-state index contributed by atoms with van der Waals surface area (Å²) in [6.07, 6.45) is 4.34. The van der Waals surface area contributed by atoms with Crippen molar-refractivity contribution in [2.75, 3.05) is 11.9 Å². The van der Waals surface area contributed by atoms with Crippen LogP contribution < -0.4 is 10.6 Å². The topological polar surface area (TPSA) is 66.9 Å². The Bertz CT molecular complexity index is 595. The van der Waals surface area contributed by atoms with Crippen LogP contribution in [0.25, 0.3) is 0 Å². The van der Waals surface area contributed by atoms with Crippen LogP contribution in [0.3, 0.4) is 0 Å². The first kappa shape index (κ1) is 15.0. The molecule has 0 aliphatic carbocycles. The van der Waals surface area contributed by atoms with Crippen molar-refractivity contribution >= 4 is 11.7 Å². The first-order chi connectivity index (χ1) is 10.2. The lowest BCUT2D eigenvalue weighted by Gasteiger charge is -2.08. The van der Waals surface area contributed by atoms with E-state index in [0.29, 0.717) is 12.1 Å². The van der Waals surface area contributed by atoms with Crippen LogP contribution in [0.5, 0.6) is 0 Å². The van der Waals surface area contributed by atoms with E-state index in [1.807, 2.05) is 25.1 Å². The number of hydrogen-bond acceptors (Lipinski definition) is 4. The number of aryl methyl sites for hydroxylation is 1. The molecule has 5 heteroatoms. The third-order valence-electron chi connectivity index (χ3n) is 3.12. The number of nitrogens with one attached hydrogen (secondary N) is 2. The highest BCUT2D eigenvalue weighted by molar-refractivity contribution is 5.93. The molecule has 0 atom stereocenters. The molecule has 5 nitrogen and oxygen atoms in total. The number of carbonyl (C=O) groups excluding carboxylic acids is 1. The molecule has 110 valence electrons. The summed E-state index contributed by atoms with van der Waals surface area (Å²) in [5.41, 5.74) is 2.49. The van der Waals surface area contributed by atoms with Gasteiger partial charge in [0.2, 0.25) is 0 Å². The van der Waals surface area contributed by atoms with Gasteiger partial charge in [0.05, 0.1) is 17.8 Å². The van der Waals surface area contributed by atoms with E-state index in [1.165, 1.54) is 0 Å². The maximum absolute atomic E-state index is 12.1. The molecule has 2 aromatic rings. The third-order valence-corrected chi connectivity index (χ3v) is 3.12. The largest absolute Gasteiger partial charge is 0.370 e. The average Bonchev–Trinajstić information content (AvgIpc) is 2.52. The molecule has 0 unspecified atom stereocenters. The van der Waals surface area contributed by atoms with Gasteiger partial charge >= 0.3 is 0 Å². The molecular formula is C16H20N4O. The van der Waals surface area contributed by atoms with Crippen LogP contribution in [0.15, 0.2) is 36.7 Å². The molecular weight excluding hydrogens is 264 g/mol. The van der Waals surface area contributed by atoms with Crippen molar-refractivity contribution in [1.29, 1.82) is 0 Å². The van der Waals surface area contributed by atoms with E-state index in [1.54, 1.807) is 18.5 Å². The monoisotopic (exact) mass is 284 g/mol. The van der Waals surface area contributed by atoms with Gasteiger partial charge in [0, 0.05) is 18.9 Å². The standard InChI is InChI=1S/C16H20N4O/c1-3-8-18-15-7-6-13(10-19-15)16(21)20-11-14-12(2)5-4-9-17-14/h4-7,9-10H,3,8,11H2,1-2H3,(H,18,19)(H,20,21). The molecule has 0 aliphatic rings. The number of hydrogen-bond donors (Lipinski definition) is 2. The van der Waals surface area contributed by atoms with E-state index in [-0.39, 0.29) is 5.91 Å². The van der Waals surface area contributed by atoms with Crippen molar-refractivity contribution in [3.63, 3.8) is 0 Å². The maximum Gasteiger partial charge on any atom is 0.253 e. The van der Waals surface area contributed by atoms with Crippen molar-refractivity contribution in [3.05, 3.63) is 53.5 Å². The zero-order chi connectivity index (χ0) is 15.1. The molecule has 0 bridgehead atoms. The molecule has 0 aromatic carbocycles. The Morgan fingerprint density at radius 3 is 2.76 bits per heavy atom. The highest BCUT2D eigenvalue weighted by atomic mass is 16.1. The van der Waals surface area contributed by atoms with Crippen molar-refractivity contribution in [3.8, 4) is 0 Å².